The third-order valence-electron chi connectivity index (χ3n) is 4.59. The van der Waals surface area contributed by atoms with E-state index in [4.69, 9.17) is 16.6 Å². The fourth-order valence-corrected chi connectivity index (χ4v) is 3.34. The molecule has 0 amide bonds. The van der Waals surface area contributed by atoms with Gasteiger partial charge in [0.15, 0.2) is 11.8 Å². The molecule has 0 bridgehead atoms. The average molecular weight is 503 g/mol. The number of fused-ring (bicyclic) bond motifs is 1. The Kier molecular flexibility index (Phi) is 8.82. The highest BCUT2D eigenvalue weighted by Crippen LogP contribution is 2.15. The van der Waals surface area contributed by atoms with E-state index in [1.54, 1.807) is 0 Å². The van der Waals surface area contributed by atoms with Gasteiger partial charge in [-0.25, -0.2) is 4.99 Å². The molecule has 1 N–H and O–H groups in total. The second-order valence-corrected chi connectivity index (χ2v) is 7.08. The summed E-state index contributed by atoms with van der Waals surface area (Å²) in [7, 11) is 2.04. The van der Waals surface area contributed by atoms with Gasteiger partial charge in [-0.05, 0) is 37.5 Å². The smallest absolute Gasteiger partial charge is 0.194 e. The summed E-state index contributed by atoms with van der Waals surface area (Å²) in [6, 6.07) is 7.92. The van der Waals surface area contributed by atoms with Crippen LogP contribution in [0.5, 0.6) is 0 Å². The number of halogens is 2. The van der Waals surface area contributed by atoms with Gasteiger partial charge in [0.2, 0.25) is 0 Å². The Labute approximate surface area is 183 Å². The third kappa shape index (κ3) is 6.07. The number of nitrogens with one attached hydrogen (secondary N) is 1. The molecule has 3 rings (SSSR count). The van der Waals surface area contributed by atoms with Crippen molar-refractivity contribution >= 4 is 41.5 Å². The van der Waals surface area contributed by atoms with Crippen molar-refractivity contribution in [3.8, 4) is 0 Å². The molecule has 0 saturated carbocycles. The van der Waals surface area contributed by atoms with Crippen LogP contribution in [0, 0.1) is 0 Å². The Morgan fingerprint density at radius 1 is 1.22 bits per heavy atom. The first kappa shape index (κ1) is 21.9. The predicted molar refractivity (Wildman–Crippen MR) is 121 cm³/mol. The fraction of sp³-hybridized carbons (Fsp3) is 0.526. The maximum Gasteiger partial charge on any atom is 0.194 e. The molecule has 0 unspecified atom stereocenters. The van der Waals surface area contributed by atoms with Crippen molar-refractivity contribution in [1.82, 2.24) is 25.0 Å². The van der Waals surface area contributed by atoms with Crippen LogP contribution in [0.25, 0.3) is 0 Å². The van der Waals surface area contributed by atoms with Crippen molar-refractivity contribution in [3.05, 3.63) is 46.5 Å². The maximum atomic E-state index is 5.97. The highest BCUT2D eigenvalue weighted by atomic mass is 127. The number of hydrogen-bond donors (Lipinski definition) is 1. The highest BCUT2D eigenvalue weighted by molar-refractivity contribution is 14.0. The number of aromatic nitrogens is 3. The zero-order valence-electron chi connectivity index (χ0n) is 16.0. The lowest BCUT2D eigenvalue weighted by atomic mass is 10.2. The fourth-order valence-electron chi connectivity index (χ4n) is 3.22. The molecular weight excluding hydrogens is 475 g/mol. The number of rotatable bonds is 5. The maximum absolute atomic E-state index is 5.97. The number of aliphatic imine (C=N–C) groups is 1. The van der Waals surface area contributed by atoms with E-state index in [-0.39, 0.29) is 24.0 Å². The van der Waals surface area contributed by atoms with E-state index in [1.165, 1.54) is 24.8 Å². The standard InChI is InChI=1S/C19H27ClN6.HI/c1-3-21-19(25(2)14-15-8-10-16(20)11-9-15)22-13-18-24-23-17-7-5-4-6-12-26(17)18;/h8-11H,3-7,12-14H2,1-2H3,(H,21,22);1H. The predicted octanol–water partition coefficient (Wildman–Crippen LogP) is 3.87. The van der Waals surface area contributed by atoms with Crippen molar-refractivity contribution in [1.29, 1.82) is 0 Å². The number of hydrogen-bond acceptors (Lipinski definition) is 3. The Hall–Kier alpha value is -1.35. The Bertz CT molecular complexity index is 743. The zero-order valence-corrected chi connectivity index (χ0v) is 19.1. The first-order valence-electron chi connectivity index (χ1n) is 9.32. The van der Waals surface area contributed by atoms with Crippen molar-refractivity contribution in [3.63, 3.8) is 0 Å². The Morgan fingerprint density at radius 3 is 2.74 bits per heavy atom. The molecule has 8 heteroatoms. The normalized spacial score (nSPS) is 14.1. The minimum Gasteiger partial charge on any atom is -0.357 e. The van der Waals surface area contributed by atoms with Gasteiger partial charge in [0, 0.05) is 38.1 Å². The van der Waals surface area contributed by atoms with Crippen molar-refractivity contribution in [2.45, 2.75) is 52.2 Å². The molecule has 1 aliphatic heterocycles. The van der Waals surface area contributed by atoms with Crippen LogP contribution in [0.15, 0.2) is 29.3 Å². The summed E-state index contributed by atoms with van der Waals surface area (Å²) in [6.07, 6.45) is 4.68. The third-order valence-corrected chi connectivity index (χ3v) is 4.84. The molecule has 27 heavy (non-hydrogen) atoms. The van der Waals surface area contributed by atoms with Crippen LogP contribution in [-0.4, -0.2) is 39.2 Å². The van der Waals surface area contributed by atoms with Gasteiger partial charge in [-0.1, -0.05) is 30.2 Å². The molecule has 1 aromatic carbocycles. The van der Waals surface area contributed by atoms with Gasteiger partial charge in [0.25, 0.3) is 0 Å². The van der Waals surface area contributed by atoms with Crippen LogP contribution in [0.1, 0.15) is 43.4 Å². The monoisotopic (exact) mass is 502 g/mol. The van der Waals surface area contributed by atoms with E-state index < -0.39 is 0 Å². The number of guanidine groups is 1. The summed E-state index contributed by atoms with van der Waals surface area (Å²) in [5.74, 6) is 2.93. The molecular formula is C19H28ClIN6. The second kappa shape index (κ2) is 10.8. The molecule has 0 aliphatic carbocycles. The Morgan fingerprint density at radius 2 is 2.00 bits per heavy atom. The summed E-state index contributed by atoms with van der Waals surface area (Å²) in [5, 5.41) is 12.8. The SMILES string of the molecule is CCNC(=NCc1nnc2n1CCCCC2)N(C)Cc1ccc(Cl)cc1.I. The van der Waals surface area contributed by atoms with E-state index >= 15 is 0 Å². The zero-order chi connectivity index (χ0) is 18.4. The first-order chi connectivity index (χ1) is 12.7. The van der Waals surface area contributed by atoms with Gasteiger partial charge in [-0.15, -0.1) is 34.2 Å². The van der Waals surface area contributed by atoms with Gasteiger partial charge in [0.1, 0.15) is 12.4 Å². The molecule has 0 atom stereocenters. The van der Waals surface area contributed by atoms with Gasteiger partial charge in [-0.3, -0.25) is 0 Å². The lowest BCUT2D eigenvalue weighted by Crippen LogP contribution is -2.38. The molecule has 2 aromatic rings. The lowest BCUT2D eigenvalue weighted by molar-refractivity contribution is 0.475. The molecule has 2 heterocycles. The van der Waals surface area contributed by atoms with Gasteiger partial charge in [0.05, 0.1) is 0 Å². The van der Waals surface area contributed by atoms with E-state index in [0.29, 0.717) is 6.54 Å². The molecule has 148 valence electrons. The number of aryl methyl sites for hydroxylation is 1. The summed E-state index contributed by atoms with van der Waals surface area (Å²) in [5.41, 5.74) is 1.19. The van der Waals surface area contributed by atoms with Crippen molar-refractivity contribution in [2.75, 3.05) is 13.6 Å². The summed E-state index contributed by atoms with van der Waals surface area (Å²) < 4.78 is 2.25. The highest BCUT2D eigenvalue weighted by Gasteiger charge is 2.15. The molecule has 1 aliphatic rings. The molecule has 0 spiro atoms. The van der Waals surface area contributed by atoms with E-state index in [1.807, 2.05) is 31.3 Å². The van der Waals surface area contributed by atoms with Crippen LogP contribution in [-0.2, 0) is 26.1 Å². The second-order valence-electron chi connectivity index (χ2n) is 6.65. The van der Waals surface area contributed by atoms with Gasteiger partial charge in [-0.2, -0.15) is 0 Å². The van der Waals surface area contributed by atoms with Crippen LogP contribution in [0.2, 0.25) is 5.02 Å². The molecule has 0 radical (unpaired) electrons. The molecule has 0 fully saturated rings. The quantitative estimate of drug-likeness (QED) is 0.383. The van der Waals surface area contributed by atoms with Crippen LogP contribution >= 0.6 is 35.6 Å². The average Bonchev–Trinajstić information content (AvgIpc) is 2.87. The topological polar surface area (TPSA) is 58.3 Å². The summed E-state index contributed by atoms with van der Waals surface area (Å²) in [4.78, 5) is 6.91. The molecule has 0 saturated heterocycles. The van der Waals surface area contributed by atoms with Crippen LogP contribution in [0.4, 0.5) is 0 Å². The largest absolute Gasteiger partial charge is 0.357 e. The lowest BCUT2D eigenvalue weighted by Gasteiger charge is -2.22. The van der Waals surface area contributed by atoms with E-state index in [0.717, 1.165) is 48.7 Å². The van der Waals surface area contributed by atoms with Gasteiger partial charge >= 0.3 is 0 Å². The summed E-state index contributed by atoms with van der Waals surface area (Å²) >= 11 is 5.97. The summed E-state index contributed by atoms with van der Waals surface area (Å²) in [6.45, 7) is 5.21. The number of benzene rings is 1. The number of nitrogens with zero attached hydrogens (tertiary/aromatic N) is 5. The molecule has 1 aromatic heterocycles. The van der Waals surface area contributed by atoms with Gasteiger partial charge < -0.3 is 14.8 Å². The molecule has 6 nitrogen and oxygen atoms in total. The minimum atomic E-state index is 0. The van der Waals surface area contributed by atoms with Crippen LogP contribution in [0.3, 0.4) is 0 Å². The van der Waals surface area contributed by atoms with E-state index in [9.17, 15) is 0 Å². The minimum absolute atomic E-state index is 0. The van der Waals surface area contributed by atoms with Crippen molar-refractivity contribution < 1.29 is 0 Å². The van der Waals surface area contributed by atoms with E-state index in [2.05, 4.69) is 31.9 Å². The first-order valence-corrected chi connectivity index (χ1v) is 9.70. The van der Waals surface area contributed by atoms with Crippen molar-refractivity contribution in [2.24, 2.45) is 4.99 Å². The Balaban J connectivity index is 0.00000261. The van der Waals surface area contributed by atoms with Crippen LogP contribution < -0.4 is 5.32 Å².